The number of hydrogen-bond acceptors (Lipinski definition) is 4. The van der Waals surface area contributed by atoms with Crippen LogP contribution in [0.3, 0.4) is 0 Å². The third kappa shape index (κ3) is 4.01. The Morgan fingerprint density at radius 2 is 1.80 bits per heavy atom. The number of nitrogens with zero attached hydrogens (tertiary/aromatic N) is 2. The molecular weight excluding hydrogens is 390 g/mol. The lowest BCUT2D eigenvalue weighted by Gasteiger charge is -2.26. The summed E-state index contributed by atoms with van der Waals surface area (Å²) in [5.74, 6) is 0.587. The molecule has 2 aliphatic carbocycles. The van der Waals surface area contributed by atoms with Crippen LogP contribution in [0.2, 0.25) is 0 Å². The zero-order valence-corrected chi connectivity index (χ0v) is 18.9. The number of nitrogens with one attached hydrogen (secondary N) is 1. The standard InChI is InChI=1S/C25H33N3OS/c1-17-23(27-25(30-17)26-21-10-6-3-7-11-21)20-12-13-22-19(16-20)14-15-28(22)24(29)18-8-4-2-5-9-18/h12-13,16,18,21H,2-11,14-15H2,1H3,(H,26,27). The molecule has 1 aliphatic heterocycles. The number of anilines is 2. The quantitative estimate of drug-likeness (QED) is 0.625. The SMILES string of the molecule is Cc1sc(NC2CCCCC2)nc1-c1ccc2c(c1)CCN2C(=O)C1CCCCC1. The molecule has 30 heavy (non-hydrogen) atoms. The van der Waals surface area contributed by atoms with E-state index in [1.807, 2.05) is 0 Å². The summed E-state index contributed by atoms with van der Waals surface area (Å²) in [5.41, 5.74) is 4.71. The number of fused-ring (bicyclic) bond motifs is 1. The average molecular weight is 424 g/mol. The molecule has 0 saturated heterocycles. The first-order valence-electron chi connectivity index (χ1n) is 11.9. The zero-order valence-electron chi connectivity index (χ0n) is 18.1. The molecule has 5 heteroatoms. The number of aryl methyl sites for hydroxylation is 1. The maximum absolute atomic E-state index is 13.1. The van der Waals surface area contributed by atoms with Gasteiger partial charge in [-0.25, -0.2) is 4.98 Å². The summed E-state index contributed by atoms with van der Waals surface area (Å²) >= 11 is 1.77. The highest BCUT2D eigenvalue weighted by molar-refractivity contribution is 7.16. The minimum atomic E-state index is 0.235. The monoisotopic (exact) mass is 423 g/mol. The second-order valence-electron chi connectivity index (χ2n) is 9.32. The molecule has 2 saturated carbocycles. The smallest absolute Gasteiger partial charge is 0.230 e. The van der Waals surface area contributed by atoms with Crippen LogP contribution in [-0.4, -0.2) is 23.5 Å². The molecule has 4 nitrogen and oxygen atoms in total. The van der Waals surface area contributed by atoms with Gasteiger partial charge in [-0.3, -0.25) is 4.79 Å². The van der Waals surface area contributed by atoms with Crippen molar-refractivity contribution in [1.82, 2.24) is 4.98 Å². The normalized spacial score (nSPS) is 20.4. The number of benzene rings is 1. The Morgan fingerprint density at radius 1 is 1.07 bits per heavy atom. The molecule has 160 valence electrons. The van der Waals surface area contributed by atoms with Gasteiger partial charge in [-0.2, -0.15) is 0 Å². The van der Waals surface area contributed by atoms with Gasteiger partial charge in [0.1, 0.15) is 0 Å². The van der Waals surface area contributed by atoms with Crippen LogP contribution < -0.4 is 10.2 Å². The number of hydrogen-bond donors (Lipinski definition) is 1. The predicted molar refractivity (Wildman–Crippen MR) is 125 cm³/mol. The summed E-state index contributed by atoms with van der Waals surface area (Å²) in [6.45, 7) is 3.00. The van der Waals surface area contributed by atoms with Crippen molar-refractivity contribution in [2.75, 3.05) is 16.8 Å². The molecule has 0 atom stereocenters. The third-order valence-electron chi connectivity index (χ3n) is 7.20. The number of carbonyl (C=O) groups is 1. The zero-order chi connectivity index (χ0) is 20.5. The lowest BCUT2D eigenvalue weighted by Crippen LogP contribution is -2.35. The van der Waals surface area contributed by atoms with Crippen LogP contribution in [0.5, 0.6) is 0 Å². The van der Waals surface area contributed by atoms with E-state index in [-0.39, 0.29) is 5.92 Å². The Kier molecular flexibility index (Phi) is 5.81. The highest BCUT2D eigenvalue weighted by atomic mass is 32.1. The van der Waals surface area contributed by atoms with E-state index in [0.717, 1.165) is 42.3 Å². The first kappa shape index (κ1) is 20.0. The van der Waals surface area contributed by atoms with Gasteiger partial charge in [0.05, 0.1) is 5.69 Å². The fourth-order valence-electron chi connectivity index (χ4n) is 5.50. The molecule has 1 aromatic heterocycles. The number of carbonyl (C=O) groups excluding carboxylic acids is 1. The Morgan fingerprint density at radius 3 is 2.57 bits per heavy atom. The fraction of sp³-hybridized carbons (Fsp3) is 0.600. The van der Waals surface area contributed by atoms with Crippen molar-refractivity contribution in [3.05, 3.63) is 28.6 Å². The van der Waals surface area contributed by atoms with E-state index in [1.165, 1.54) is 67.4 Å². The summed E-state index contributed by atoms with van der Waals surface area (Å²) in [4.78, 5) is 21.3. The molecule has 5 rings (SSSR count). The highest BCUT2D eigenvalue weighted by Gasteiger charge is 2.31. The first-order valence-corrected chi connectivity index (χ1v) is 12.7. The van der Waals surface area contributed by atoms with Crippen LogP contribution in [0.1, 0.15) is 74.6 Å². The maximum Gasteiger partial charge on any atom is 0.230 e. The van der Waals surface area contributed by atoms with Gasteiger partial charge < -0.3 is 10.2 Å². The Labute approximate surface area is 184 Å². The molecule has 0 bridgehead atoms. The van der Waals surface area contributed by atoms with Crippen LogP contribution in [0.25, 0.3) is 11.3 Å². The van der Waals surface area contributed by atoms with E-state index < -0.39 is 0 Å². The van der Waals surface area contributed by atoms with Crippen molar-refractivity contribution in [2.45, 2.75) is 83.6 Å². The molecule has 1 N–H and O–H groups in total. The van der Waals surface area contributed by atoms with Gasteiger partial charge in [-0.05, 0) is 56.7 Å². The second-order valence-corrected chi connectivity index (χ2v) is 10.5. The van der Waals surface area contributed by atoms with Crippen LogP contribution in [0, 0.1) is 12.8 Å². The summed E-state index contributed by atoms with van der Waals surface area (Å²) in [6, 6.07) is 7.18. The van der Waals surface area contributed by atoms with Crippen molar-refractivity contribution < 1.29 is 4.79 Å². The Hall–Kier alpha value is -1.88. The van der Waals surface area contributed by atoms with E-state index in [9.17, 15) is 4.79 Å². The van der Waals surface area contributed by atoms with E-state index in [4.69, 9.17) is 4.98 Å². The first-order chi connectivity index (χ1) is 14.7. The molecule has 0 unspecified atom stereocenters. The minimum Gasteiger partial charge on any atom is -0.359 e. The molecule has 0 radical (unpaired) electrons. The van der Waals surface area contributed by atoms with Crippen molar-refractivity contribution >= 4 is 28.1 Å². The second kappa shape index (κ2) is 8.70. The number of amides is 1. The van der Waals surface area contributed by atoms with Crippen LogP contribution in [-0.2, 0) is 11.2 Å². The van der Waals surface area contributed by atoms with E-state index in [0.29, 0.717) is 11.9 Å². The molecule has 3 aliphatic rings. The average Bonchev–Trinajstić information content (AvgIpc) is 3.37. The van der Waals surface area contributed by atoms with E-state index >= 15 is 0 Å². The topological polar surface area (TPSA) is 45.2 Å². The fourth-order valence-corrected chi connectivity index (χ4v) is 6.41. The van der Waals surface area contributed by atoms with Crippen molar-refractivity contribution in [1.29, 1.82) is 0 Å². The van der Waals surface area contributed by atoms with Gasteiger partial charge in [0, 0.05) is 34.6 Å². The van der Waals surface area contributed by atoms with Gasteiger partial charge in [-0.1, -0.05) is 44.6 Å². The Bertz CT molecular complexity index is 909. The summed E-state index contributed by atoms with van der Waals surface area (Å²) < 4.78 is 0. The molecular formula is C25H33N3OS. The summed E-state index contributed by atoms with van der Waals surface area (Å²) in [5, 5.41) is 4.74. The van der Waals surface area contributed by atoms with Gasteiger partial charge in [0.15, 0.2) is 5.13 Å². The summed E-state index contributed by atoms with van der Waals surface area (Å²) in [7, 11) is 0. The third-order valence-corrected chi connectivity index (χ3v) is 8.10. The molecule has 2 heterocycles. The Balaban J connectivity index is 1.33. The molecule has 0 spiro atoms. The lowest BCUT2D eigenvalue weighted by molar-refractivity contribution is -0.123. The highest BCUT2D eigenvalue weighted by Crippen LogP contribution is 2.38. The van der Waals surface area contributed by atoms with Gasteiger partial charge in [-0.15, -0.1) is 11.3 Å². The molecule has 2 fully saturated rings. The van der Waals surface area contributed by atoms with Crippen LogP contribution >= 0.6 is 11.3 Å². The van der Waals surface area contributed by atoms with Gasteiger partial charge in [0.25, 0.3) is 0 Å². The number of rotatable bonds is 4. The number of thiazole rings is 1. The summed E-state index contributed by atoms with van der Waals surface area (Å²) in [6.07, 6.45) is 13.3. The maximum atomic E-state index is 13.1. The predicted octanol–water partition coefficient (Wildman–Crippen LogP) is 6.33. The molecule has 1 aromatic carbocycles. The van der Waals surface area contributed by atoms with Crippen LogP contribution in [0.4, 0.5) is 10.8 Å². The van der Waals surface area contributed by atoms with Gasteiger partial charge in [0.2, 0.25) is 5.91 Å². The van der Waals surface area contributed by atoms with Crippen molar-refractivity contribution in [3.63, 3.8) is 0 Å². The molecule has 1 amide bonds. The minimum absolute atomic E-state index is 0.235. The van der Waals surface area contributed by atoms with Gasteiger partial charge >= 0.3 is 0 Å². The van der Waals surface area contributed by atoms with E-state index in [2.05, 4.69) is 35.3 Å². The van der Waals surface area contributed by atoms with E-state index in [1.54, 1.807) is 11.3 Å². The molecule has 2 aromatic rings. The number of aromatic nitrogens is 1. The largest absolute Gasteiger partial charge is 0.359 e. The lowest BCUT2D eigenvalue weighted by atomic mass is 9.88. The van der Waals surface area contributed by atoms with Crippen molar-refractivity contribution in [2.24, 2.45) is 5.92 Å². The van der Waals surface area contributed by atoms with Crippen LogP contribution in [0.15, 0.2) is 18.2 Å². The van der Waals surface area contributed by atoms with Crippen molar-refractivity contribution in [3.8, 4) is 11.3 Å².